The maximum Gasteiger partial charge on any atom is 0.127 e. The minimum atomic E-state index is -0.0548. The van der Waals surface area contributed by atoms with Crippen molar-refractivity contribution in [3.63, 3.8) is 0 Å². The number of rotatable bonds is 5. The molecule has 1 aromatic carbocycles. The van der Waals surface area contributed by atoms with Crippen LogP contribution in [-0.2, 0) is 0 Å². The van der Waals surface area contributed by atoms with Crippen LogP contribution in [0.15, 0.2) is 18.2 Å². The molecular weight excluding hydrogens is 252 g/mol. The zero-order valence-electron chi connectivity index (χ0n) is 13.0. The Bertz CT molecular complexity index is 454. The fourth-order valence-electron chi connectivity index (χ4n) is 3.39. The summed E-state index contributed by atoms with van der Waals surface area (Å²) >= 11 is 0. The van der Waals surface area contributed by atoms with E-state index in [-0.39, 0.29) is 11.6 Å². The van der Waals surface area contributed by atoms with Crippen molar-refractivity contribution in [1.82, 2.24) is 4.90 Å². The van der Waals surface area contributed by atoms with Gasteiger partial charge in [-0.3, -0.25) is 0 Å². The first kappa shape index (κ1) is 15.1. The molecule has 2 N–H and O–H groups in total. The zero-order chi connectivity index (χ0) is 14.8. The van der Waals surface area contributed by atoms with Gasteiger partial charge in [0.1, 0.15) is 11.5 Å². The van der Waals surface area contributed by atoms with E-state index in [0.29, 0.717) is 0 Å². The minimum absolute atomic E-state index is 0.0296. The van der Waals surface area contributed by atoms with Gasteiger partial charge in [0.05, 0.1) is 20.3 Å². The van der Waals surface area contributed by atoms with Gasteiger partial charge < -0.3 is 20.1 Å². The number of nitrogens with zero attached hydrogens (tertiary/aromatic N) is 1. The van der Waals surface area contributed by atoms with Crippen LogP contribution >= 0.6 is 0 Å². The molecule has 4 nitrogen and oxygen atoms in total. The molecule has 112 valence electrons. The molecule has 0 radical (unpaired) electrons. The molecule has 0 saturated heterocycles. The second kappa shape index (κ2) is 6.02. The van der Waals surface area contributed by atoms with Gasteiger partial charge in [-0.25, -0.2) is 0 Å². The highest BCUT2D eigenvalue weighted by Gasteiger charge is 2.43. The van der Waals surface area contributed by atoms with E-state index in [1.807, 2.05) is 18.2 Å². The maximum atomic E-state index is 6.64. The van der Waals surface area contributed by atoms with Gasteiger partial charge in [-0.1, -0.05) is 18.9 Å². The van der Waals surface area contributed by atoms with Crippen LogP contribution in [0.5, 0.6) is 11.5 Å². The third-order valence-corrected chi connectivity index (χ3v) is 4.71. The summed E-state index contributed by atoms with van der Waals surface area (Å²) in [6, 6.07) is 5.84. The van der Waals surface area contributed by atoms with E-state index >= 15 is 0 Å². The van der Waals surface area contributed by atoms with Crippen molar-refractivity contribution in [1.29, 1.82) is 0 Å². The first-order valence-corrected chi connectivity index (χ1v) is 7.20. The number of hydrogen-bond donors (Lipinski definition) is 1. The van der Waals surface area contributed by atoms with E-state index < -0.39 is 0 Å². The normalized spacial score (nSPS) is 19.1. The van der Waals surface area contributed by atoms with E-state index in [1.165, 1.54) is 12.8 Å². The van der Waals surface area contributed by atoms with Crippen LogP contribution in [0.3, 0.4) is 0 Å². The lowest BCUT2D eigenvalue weighted by Crippen LogP contribution is -2.50. The topological polar surface area (TPSA) is 47.7 Å². The molecule has 1 aliphatic carbocycles. The number of methoxy groups -OCH3 is 2. The Hall–Kier alpha value is -1.26. The molecule has 0 aliphatic heterocycles. The lowest BCUT2D eigenvalue weighted by molar-refractivity contribution is 0.122. The Morgan fingerprint density at radius 1 is 1.15 bits per heavy atom. The van der Waals surface area contributed by atoms with E-state index in [0.717, 1.165) is 29.9 Å². The van der Waals surface area contributed by atoms with Gasteiger partial charge >= 0.3 is 0 Å². The molecule has 0 heterocycles. The fraction of sp³-hybridized carbons (Fsp3) is 0.625. The summed E-state index contributed by atoms with van der Waals surface area (Å²) in [6.07, 6.45) is 4.75. The lowest BCUT2D eigenvalue weighted by Gasteiger charge is -2.42. The Morgan fingerprint density at radius 2 is 1.80 bits per heavy atom. The van der Waals surface area contributed by atoms with Gasteiger partial charge in [-0.05, 0) is 33.0 Å². The Labute approximate surface area is 121 Å². The van der Waals surface area contributed by atoms with E-state index in [1.54, 1.807) is 14.2 Å². The highest BCUT2D eigenvalue weighted by molar-refractivity contribution is 5.43. The molecule has 1 saturated carbocycles. The summed E-state index contributed by atoms with van der Waals surface area (Å²) in [5.74, 6) is 1.60. The Balaban J connectivity index is 2.39. The standard InChI is InChI=1S/C16H26N2O2/c1-18(2)16(9-5-6-10-16)15(17)13-8-7-12(19-3)11-14(13)20-4/h7-8,11,15H,5-6,9-10,17H2,1-4H3. The van der Waals surface area contributed by atoms with Gasteiger partial charge in [-0.15, -0.1) is 0 Å². The summed E-state index contributed by atoms with van der Waals surface area (Å²) in [5.41, 5.74) is 7.73. The summed E-state index contributed by atoms with van der Waals surface area (Å²) in [7, 11) is 7.59. The van der Waals surface area contributed by atoms with Crippen LogP contribution in [0.25, 0.3) is 0 Å². The first-order chi connectivity index (χ1) is 9.55. The first-order valence-electron chi connectivity index (χ1n) is 7.20. The molecule has 4 heteroatoms. The number of benzene rings is 1. The summed E-state index contributed by atoms with van der Waals surface area (Å²) in [4.78, 5) is 2.29. The molecular formula is C16H26N2O2. The number of ether oxygens (including phenoxy) is 2. The highest BCUT2D eigenvalue weighted by atomic mass is 16.5. The molecule has 1 unspecified atom stereocenters. The molecule has 0 amide bonds. The Morgan fingerprint density at radius 3 is 2.30 bits per heavy atom. The van der Waals surface area contributed by atoms with E-state index in [9.17, 15) is 0 Å². The molecule has 1 aromatic rings. The van der Waals surface area contributed by atoms with Crippen LogP contribution in [0.1, 0.15) is 37.3 Å². The van der Waals surface area contributed by atoms with Crippen LogP contribution in [0.4, 0.5) is 0 Å². The van der Waals surface area contributed by atoms with Crippen molar-refractivity contribution < 1.29 is 9.47 Å². The van der Waals surface area contributed by atoms with Crippen LogP contribution in [-0.4, -0.2) is 38.8 Å². The quantitative estimate of drug-likeness (QED) is 0.899. The second-order valence-corrected chi connectivity index (χ2v) is 5.79. The molecule has 1 aliphatic rings. The molecule has 0 spiro atoms. The van der Waals surface area contributed by atoms with Crippen molar-refractivity contribution in [2.75, 3.05) is 28.3 Å². The number of likely N-dealkylation sites (N-methyl/N-ethyl adjacent to an activating group) is 1. The predicted molar refractivity (Wildman–Crippen MR) is 81.4 cm³/mol. The molecule has 20 heavy (non-hydrogen) atoms. The minimum Gasteiger partial charge on any atom is -0.497 e. The lowest BCUT2D eigenvalue weighted by atomic mass is 9.82. The van der Waals surface area contributed by atoms with Crippen LogP contribution in [0, 0.1) is 0 Å². The van der Waals surface area contributed by atoms with Gasteiger partial charge in [-0.2, -0.15) is 0 Å². The monoisotopic (exact) mass is 278 g/mol. The molecule has 0 aromatic heterocycles. The van der Waals surface area contributed by atoms with Gasteiger partial charge in [0.15, 0.2) is 0 Å². The smallest absolute Gasteiger partial charge is 0.127 e. The third kappa shape index (κ3) is 2.50. The summed E-state index contributed by atoms with van der Waals surface area (Å²) < 4.78 is 10.8. The number of nitrogens with two attached hydrogens (primary N) is 1. The third-order valence-electron chi connectivity index (χ3n) is 4.71. The average molecular weight is 278 g/mol. The van der Waals surface area contributed by atoms with Crippen LogP contribution < -0.4 is 15.2 Å². The maximum absolute atomic E-state index is 6.64. The SMILES string of the molecule is COc1ccc(C(N)C2(N(C)C)CCCC2)c(OC)c1. The van der Waals surface area contributed by atoms with Gasteiger partial charge in [0.2, 0.25) is 0 Å². The second-order valence-electron chi connectivity index (χ2n) is 5.79. The largest absolute Gasteiger partial charge is 0.497 e. The fourth-order valence-corrected chi connectivity index (χ4v) is 3.39. The van der Waals surface area contributed by atoms with E-state index in [2.05, 4.69) is 19.0 Å². The molecule has 2 rings (SSSR count). The average Bonchev–Trinajstić information content (AvgIpc) is 2.96. The van der Waals surface area contributed by atoms with Crippen molar-refractivity contribution in [2.45, 2.75) is 37.3 Å². The predicted octanol–water partition coefficient (Wildman–Crippen LogP) is 2.58. The summed E-state index contributed by atoms with van der Waals surface area (Å²) in [5, 5.41) is 0. The molecule has 1 fully saturated rings. The molecule has 1 atom stereocenters. The number of hydrogen-bond acceptors (Lipinski definition) is 4. The van der Waals surface area contributed by atoms with Crippen molar-refractivity contribution in [3.05, 3.63) is 23.8 Å². The van der Waals surface area contributed by atoms with Crippen LogP contribution in [0.2, 0.25) is 0 Å². The van der Waals surface area contributed by atoms with Gasteiger partial charge in [0, 0.05) is 17.2 Å². The molecule has 0 bridgehead atoms. The van der Waals surface area contributed by atoms with E-state index in [4.69, 9.17) is 15.2 Å². The van der Waals surface area contributed by atoms with Crippen molar-refractivity contribution >= 4 is 0 Å². The van der Waals surface area contributed by atoms with Crippen molar-refractivity contribution in [2.24, 2.45) is 5.73 Å². The van der Waals surface area contributed by atoms with Gasteiger partial charge in [0.25, 0.3) is 0 Å². The van der Waals surface area contributed by atoms with Crippen molar-refractivity contribution in [3.8, 4) is 11.5 Å². The zero-order valence-corrected chi connectivity index (χ0v) is 13.0. The summed E-state index contributed by atoms with van der Waals surface area (Å²) in [6.45, 7) is 0. The highest BCUT2D eigenvalue weighted by Crippen LogP contribution is 2.44. The Kier molecular flexibility index (Phi) is 4.55.